The number of rotatable bonds is 3. The number of aromatic nitrogens is 2. The normalized spacial score (nSPS) is 29.6. The molecule has 2 fully saturated rings. The fourth-order valence-electron chi connectivity index (χ4n) is 3.17. The Morgan fingerprint density at radius 2 is 2.11 bits per heavy atom. The molecule has 1 aliphatic heterocycles. The molecule has 0 spiro atoms. The standard InChI is InChI=1S/C14H23N3O/c1-11-13(7-10-18-11)16-14-15-8-9-17(14)12-5-3-2-4-6-12/h8-9,11-13H,2-7,10H2,1H3,(H,15,16). The quantitative estimate of drug-likeness (QED) is 0.895. The molecule has 18 heavy (non-hydrogen) atoms. The molecular weight excluding hydrogens is 226 g/mol. The maximum Gasteiger partial charge on any atom is 0.203 e. The van der Waals surface area contributed by atoms with Gasteiger partial charge in [-0.25, -0.2) is 4.98 Å². The average molecular weight is 249 g/mol. The van der Waals surface area contributed by atoms with E-state index in [2.05, 4.69) is 28.0 Å². The van der Waals surface area contributed by atoms with Gasteiger partial charge in [0.15, 0.2) is 0 Å². The summed E-state index contributed by atoms with van der Waals surface area (Å²) in [5.41, 5.74) is 0. The first-order chi connectivity index (χ1) is 8.84. The summed E-state index contributed by atoms with van der Waals surface area (Å²) in [4.78, 5) is 4.49. The van der Waals surface area contributed by atoms with Gasteiger partial charge in [0, 0.05) is 25.0 Å². The zero-order chi connectivity index (χ0) is 12.4. The molecule has 1 aromatic rings. The van der Waals surface area contributed by atoms with Crippen LogP contribution in [0.5, 0.6) is 0 Å². The first-order valence-corrected chi connectivity index (χ1v) is 7.25. The predicted octanol–water partition coefficient (Wildman–Crippen LogP) is 2.98. The molecule has 100 valence electrons. The number of hydrogen-bond acceptors (Lipinski definition) is 3. The Kier molecular flexibility index (Phi) is 3.55. The minimum atomic E-state index is 0.293. The average Bonchev–Trinajstić information content (AvgIpc) is 3.01. The van der Waals surface area contributed by atoms with E-state index in [0.29, 0.717) is 18.2 Å². The lowest BCUT2D eigenvalue weighted by Gasteiger charge is -2.26. The number of anilines is 1. The van der Waals surface area contributed by atoms with Gasteiger partial charge in [-0.05, 0) is 26.2 Å². The van der Waals surface area contributed by atoms with Crippen LogP contribution in [-0.2, 0) is 4.74 Å². The summed E-state index contributed by atoms with van der Waals surface area (Å²) in [7, 11) is 0. The first kappa shape index (κ1) is 12.0. The third-order valence-corrected chi connectivity index (χ3v) is 4.33. The fourth-order valence-corrected chi connectivity index (χ4v) is 3.17. The molecule has 0 bridgehead atoms. The van der Waals surface area contributed by atoms with Gasteiger partial charge < -0.3 is 14.6 Å². The number of ether oxygens (including phenoxy) is 1. The molecule has 1 N–H and O–H groups in total. The summed E-state index contributed by atoms with van der Waals surface area (Å²) in [6, 6.07) is 1.05. The molecule has 2 atom stereocenters. The van der Waals surface area contributed by atoms with Crippen LogP contribution in [0.1, 0.15) is 51.5 Å². The number of imidazole rings is 1. The largest absolute Gasteiger partial charge is 0.376 e. The van der Waals surface area contributed by atoms with E-state index in [4.69, 9.17) is 4.74 Å². The second-order valence-corrected chi connectivity index (χ2v) is 5.57. The van der Waals surface area contributed by atoms with E-state index < -0.39 is 0 Å². The monoisotopic (exact) mass is 249 g/mol. The zero-order valence-corrected chi connectivity index (χ0v) is 11.1. The smallest absolute Gasteiger partial charge is 0.203 e. The highest BCUT2D eigenvalue weighted by Crippen LogP contribution is 2.30. The lowest BCUT2D eigenvalue weighted by Crippen LogP contribution is -2.29. The van der Waals surface area contributed by atoms with E-state index in [1.165, 1.54) is 32.1 Å². The van der Waals surface area contributed by atoms with Gasteiger partial charge in [0.05, 0.1) is 12.1 Å². The van der Waals surface area contributed by atoms with Crippen LogP contribution in [-0.4, -0.2) is 28.3 Å². The Balaban J connectivity index is 1.70. The molecule has 1 saturated heterocycles. The molecule has 2 aliphatic rings. The minimum Gasteiger partial charge on any atom is -0.376 e. The van der Waals surface area contributed by atoms with Gasteiger partial charge in [-0.1, -0.05) is 19.3 Å². The Bertz CT molecular complexity index is 384. The van der Waals surface area contributed by atoms with Gasteiger partial charge in [-0.3, -0.25) is 0 Å². The van der Waals surface area contributed by atoms with Crippen molar-refractivity contribution >= 4 is 5.95 Å². The molecule has 1 aromatic heterocycles. The lowest BCUT2D eigenvalue weighted by molar-refractivity contribution is 0.121. The van der Waals surface area contributed by atoms with E-state index in [9.17, 15) is 0 Å². The molecule has 4 heteroatoms. The Morgan fingerprint density at radius 1 is 1.28 bits per heavy atom. The molecule has 2 heterocycles. The second-order valence-electron chi connectivity index (χ2n) is 5.57. The SMILES string of the molecule is CC1OCCC1Nc1nccn1C1CCCCC1. The number of nitrogens with one attached hydrogen (secondary N) is 1. The molecule has 0 radical (unpaired) electrons. The van der Waals surface area contributed by atoms with Crippen molar-refractivity contribution in [3.05, 3.63) is 12.4 Å². The summed E-state index contributed by atoms with van der Waals surface area (Å²) in [6.07, 6.45) is 12.1. The minimum absolute atomic E-state index is 0.293. The van der Waals surface area contributed by atoms with Crippen LogP contribution in [0.2, 0.25) is 0 Å². The van der Waals surface area contributed by atoms with Gasteiger partial charge in [-0.15, -0.1) is 0 Å². The van der Waals surface area contributed by atoms with Crippen LogP contribution in [0.15, 0.2) is 12.4 Å². The Morgan fingerprint density at radius 3 is 2.83 bits per heavy atom. The predicted molar refractivity (Wildman–Crippen MR) is 71.8 cm³/mol. The first-order valence-electron chi connectivity index (χ1n) is 7.25. The van der Waals surface area contributed by atoms with Crippen molar-refractivity contribution in [3.8, 4) is 0 Å². The zero-order valence-electron chi connectivity index (χ0n) is 11.1. The van der Waals surface area contributed by atoms with Crippen molar-refractivity contribution in [1.29, 1.82) is 0 Å². The van der Waals surface area contributed by atoms with Crippen LogP contribution in [0, 0.1) is 0 Å². The highest BCUT2D eigenvalue weighted by molar-refractivity contribution is 5.29. The lowest BCUT2D eigenvalue weighted by atomic mass is 9.95. The van der Waals surface area contributed by atoms with Gasteiger partial charge in [0.2, 0.25) is 5.95 Å². The Labute approximate surface area is 109 Å². The fraction of sp³-hybridized carbons (Fsp3) is 0.786. The third-order valence-electron chi connectivity index (χ3n) is 4.33. The molecule has 3 rings (SSSR count). The molecule has 4 nitrogen and oxygen atoms in total. The Hall–Kier alpha value is -1.03. The number of nitrogens with zero attached hydrogens (tertiary/aromatic N) is 2. The summed E-state index contributed by atoms with van der Waals surface area (Å²) >= 11 is 0. The van der Waals surface area contributed by atoms with E-state index >= 15 is 0 Å². The van der Waals surface area contributed by atoms with Crippen molar-refractivity contribution in [2.45, 2.75) is 63.6 Å². The molecular formula is C14H23N3O. The summed E-state index contributed by atoms with van der Waals surface area (Å²) in [5, 5.41) is 3.56. The summed E-state index contributed by atoms with van der Waals surface area (Å²) in [6.45, 7) is 3.00. The van der Waals surface area contributed by atoms with E-state index in [0.717, 1.165) is 19.0 Å². The molecule has 1 aliphatic carbocycles. The summed E-state index contributed by atoms with van der Waals surface area (Å²) < 4.78 is 7.94. The highest BCUT2D eigenvalue weighted by atomic mass is 16.5. The highest BCUT2D eigenvalue weighted by Gasteiger charge is 2.26. The van der Waals surface area contributed by atoms with E-state index in [-0.39, 0.29) is 0 Å². The van der Waals surface area contributed by atoms with Crippen LogP contribution < -0.4 is 5.32 Å². The molecule has 0 amide bonds. The van der Waals surface area contributed by atoms with Crippen molar-refractivity contribution in [3.63, 3.8) is 0 Å². The van der Waals surface area contributed by atoms with E-state index in [1.54, 1.807) is 0 Å². The third kappa shape index (κ3) is 2.39. The van der Waals surface area contributed by atoms with Gasteiger partial charge >= 0.3 is 0 Å². The van der Waals surface area contributed by atoms with Crippen LogP contribution in [0.4, 0.5) is 5.95 Å². The van der Waals surface area contributed by atoms with Crippen LogP contribution in [0.25, 0.3) is 0 Å². The van der Waals surface area contributed by atoms with Crippen molar-refractivity contribution in [2.75, 3.05) is 11.9 Å². The number of hydrogen-bond donors (Lipinski definition) is 1. The second kappa shape index (κ2) is 5.31. The maximum absolute atomic E-state index is 5.60. The molecule has 1 saturated carbocycles. The van der Waals surface area contributed by atoms with Gasteiger partial charge in [-0.2, -0.15) is 0 Å². The van der Waals surface area contributed by atoms with Gasteiger partial charge in [0.25, 0.3) is 0 Å². The van der Waals surface area contributed by atoms with Crippen molar-refractivity contribution in [2.24, 2.45) is 0 Å². The van der Waals surface area contributed by atoms with E-state index in [1.807, 2.05) is 6.20 Å². The summed E-state index contributed by atoms with van der Waals surface area (Å²) in [5.74, 6) is 1.03. The van der Waals surface area contributed by atoms with Crippen molar-refractivity contribution in [1.82, 2.24) is 9.55 Å². The van der Waals surface area contributed by atoms with Crippen molar-refractivity contribution < 1.29 is 4.74 Å². The molecule has 2 unspecified atom stereocenters. The van der Waals surface area contributed by atoms with Crippen LogP contribution >= 0.6 is 0 Å². The topological polar surface area (TPSA) is 39.1 Å². The molecule has 0 aromatic carbocycles. The van der Waals surface area contributed by atoms with Crippen LogP contribution in [0.3, 0.4) is 0 Å². The van der Waals surface area contributed by atoms with Gasteiger partial charge in [0.1, 0.15) is 0 Å². The maximum atomic E-state index is 5.60.